The van der Waals surface area contributed by atoms with Crippen molar-refractivity contribution in [2.75, 3.05) is 19.6 Å². The summed E-state index contributed by atoms with van der Waals surface area (Å²) in [7, 11) is 0. The van der Waals surface area contributed by atoms with Gasteiger partial charge in [0.05, 0.1) is 0 Å². The highest BCUT2D eigenvalue weighted by Gasteiger charge is 2.21. The van der Waals surface area contributed by atoms with E-state index in [1.807, 2.05) is 0 Å². The Bertz CT molecular complexity index is 336. The first-order valence-electron chi connectivity index (χ1n) is 7.88. The van der Waals surface area contributed by atoms with Gasteiger partial charge in [-0.3, -0.25) is 4.90 Å². The summed E-state index contributed by atoms with van der Waals surface area (Å²) in [4.78, 5) is 2.57. The van der Waals surface area contributed by atoms with Gasteiger partial charge in [-0.15, -0.1) is 0 Å². The highest BCUT2D eigenvalue weighted by Crippen LogP contribution is 2.13. The van der Waals surface area contributed by atoms with Gasteiger partial charge < -0.3 is 5.32 Å². The van der Waals surface area contributed by atoms with Gasteiger partial charge in [0, 0.05) is 25.7 Å². The first-order chi connectivity index (χ1) is 9.38. The van der Waals surface area contributed by atoms with Crippen molar-refractivity contribution in [3.05, 3.63) is 35.9 Å². The minimum Gasteiger partial charge on any atom is -0.313 e. The maximum absolute atomic E-state index is 3.71. The van der Waals surface area contributed by atoms with Crippen LogP contribution in [0.2, 0.25) is 0 Å². The van der Waals surface area contributed by atoms with E-state index in [9.17, 15) is 0 Å². The summed E-state index contributed by atoms with van der Waals surface area (Å²) in [6, 6.07) is 11.5. The van der Waals surface area contributed by atoms with Crippen molar-refractivity contribution in [3.63, 3.8) is 0 Å². The van der Waals surface area contributed by atoms with Gasteiger partial charge >= 0.3 is 0 Å². The van der Waals surface area contributed by atoms with E-state index in [1.54, 1.807) is 0 Å². The van der Waals surface area contributed by atoms with Crippen LogP contribution in [0, 0.1) is 0 Å². The van der Waals surface area contributed by atoms with Gasteiger partial charge in [0.2, 0.25) is 0 Å². The summed E-state index contributed by atoms with van der Waals surface area (Å²) >= 11 is 0. The van der Waals surface area contributed by atoms with Gasteiger partial charge in [0.25, 0.3) is 0 Å². The molecule has 0 bridgehead atoms. The molecule has 1 atom stereocenters. The second-order valence-electron chi connectivity index (χ2n) is 5.72. The van der Waals surface area contributed by atoms with E-state index in [4.69, 9.17) is 0 Å². The summed E-state index contributed by atoms with van der Waals surface area (Å²) in [5, 5.41) is 3.71. The van der Waals surface area contributed by atoms with Crippen molar-refractivity contribution >= 4 is 0 Å². The van der Waals surface area contributed by atoms with Crippen LogP contribution in [0.15, 0.2) is 30.3 Å². The molecule has 1 aliphatic rings. The number of hydrogen-bond donors (Lipinski definition) is 1. The summed E-state index contributed by atoms with van der Waals surface area (Å²) in [5.41, 5.74) is 1.44. The van der Waals surface area contributed by atoms with Gasteiger partial charge in [-0.2, -0.15) is 0 Å². The average molecular weight is 260 g/mol. The molecule has 1 aliphatic heterocycles. The lowest BCUT2D eigenvalue weighted by atomic mass is 10.2. The number of likely N-dealkylation sites (tertiary alicyclic amines) is 1. The summed E-state index contributed by atoms with van der Waals surface area (Å²) < 4.78 is 0. The lowest BCUT2D eigenvalue weighted by molar-refractivity contribution is 0.320. The maximum Gasteiger partial charge on any atom is 0.0234 e. The highest BCUT2D eigenvalue weighted by atomic mass is 15.2. The van der Waals surface area contributed by atoms with E-state index < -0.39 is 0 Å². The third-order valence-electron chi connectivity index (χ3n) is 3.98. The second kappa shape index (κ2) is 8.34. The molecule has 1 N–H and O–H groups in total. The molecule has 0 aliphatic carbocycles. The van der Waals surface area contributed by atoms with Crippen LogP contribution in [0.25, 0.3) is 0 Å². The molecule has 0 radical (unpaired) electrons. The van der Waals surface area contributed by atoms with E-state index in [-0.39, 0.29) is 0 Å². The van der Waals surface area contributed by atoms with Gasteiger partial charge in [0.1, 0.15) is 0 Å². The molecule has 2 nitrogen and oxygen atoms in total. The molecule has 1 aromatic rings. The lowest BCUT2D eigenvalue weighted by Gasteiger charge is -2.16. The largest absolute Gasteiger partial charge is 0.313 e. The van der Waals surface area contributed by atoms with Crippen molar-refractivity contribution < 1.29 is 0 Å². The minimum atomic E-state index is 0.713. The number of rotatable bonds is 8. The van der Waals surface area contributed by atoms with Crippen LogP contribution in [0.4, 0.5) is 0 Å². The van der Waals surface area contributed by atoms with Crippen LogP contribution < -0.4 is 5.32 Å². The molecule has 106 valence electrons. The van der Waals surface area contributed by atoms with Crippen molar-refractivity contribution in [2.45, 2.75) is 51.6 Å². The molecule has 1 fully saturated rings. The smallest absolute Gasteiger partial charge is 0.0234 e. The molecule has 2 rings (SSSR count). The summed E-state index contributed by atoms with van der Waals surface area (Å²) in [6.45, 7) is 7.02. The number of nitrogens with one attached hydrogen (secondary N) is 1. The highest BCUT2D eigenvalue weighted by molar-refractivity contribution is 5.14. The second-order valence-corrected chi connectivity index (χ2v) is 5.72. The van der Waals surface area contributed by atoms with Crippen molar-refractivity contribution in [1.82, 2.24) is 10.2 Å². The number of unbranched alkanes of at least 4 members (excludes halogenated alkanes) is 3. The molecular formula is C17H28N2. The van der Waals surface area contributed by atoms with Crippen molar-refractivity contribution in [3.8, 4) is 0 Å². The van der Waals surface area contributed by atoms with E-state index >= 15 is 0 Å². The van der Waals surface area contributed by atoms with Crippen LogP contribution in [0.5, 0.6) is 0 Å². The predicted octanol–water partition coefficient (Wildman–Crippen LogP) is 3.43. The molecule has 0 aromatic heterocycles. The molecule has 2 heteroatoms. The maximum atomic E-state index is 3.71. The number of benzene rings is 1. The molecule has 0 saturated carbocycles. The lowest BCUT2D eigenvalue weighted by Crippen LogP contribution is -2.33. The third-order valence-corrected chi connectivity index (χ3v) is 3.98. The molecule has 0 spiro atoms. The van der Waals surface area contributed by atoms with Gasteiger partial charge in [-0.1, -0.05) is 56.5 Å². The van der Waals surface area contributed by atoms with Crippen LogP contribution in [-0.2, 0) is 6.54 Å². The molecule has 0 amide bonds. The molecule has 19 heavy (non-hydrogen) atoms. The van der Waals surface area contributed by atoms with E-state index in [2.05, 4.69) is 47.5 Å². The molecule has 1 heterocycles. The van der Waals surface area contributed by atoms with Crippen LogP contribution in [-0.4, -0.2) is 30.6 Å². The van der Waals surface area contributed by atoms with Crippen molar-refractivity contribution in [2.24, 2.45) is 0 Å². The van der Waals surface area contributed by atoms with Gasteiger partial charge in [0.15, 0.2) is 0 Å². The number of hydrogen-bond acceptors (Lipinski definition) is 2. The van der Waals surface area contributed by atoms with Gasteiger partial charge in [-0.25, -0.2) is 0 Å². The molecular weight excluding hydrogens is 232 g/mol. The molecule has 1 saturated heterocycles. The third kappa shape index (κ3) is 5.33. The Labute approximate surface area is 118 Å². The first-order valence-corrected chi connectivity index (χ1v) is 7.88. The zero-order valence-corrected chi connectivity index (χ0v) is 12.3. The Hall–Kier alpha value is -0.860. The fourth-order valence-electron chi connectivity index (χ4n) is 2.84. The Balaban J connectivity index is 1.60. The van der Waals surface area contributed by atoms with Gasteiger partial charge in [-0.05, 0) is 24.9 Å². The number of nitrogens with zero attached hydrogens (tertiary/aromatic N) is 1. The van der Waals surface area contributed by atoms with E-state index in [1.165, 1.54) is 57.3 Å². The zero-order valence-electron chi connectivity index (χ0n) is 12.3. The van der Waals surface area contributed by atoms with Crippen molar-refractivity contribution in [1.29, 1.82) is 0 Å². The normalized spacial score (nSPS) is 19.9. The van der Waals surface area contributed by atoms with Crippen LogP contribution >= 0.6 is 0 Å². The predicted molar refractivity (Wildman–Crippen MR) is 82.3 cm³/mol. The van der Waals surface area contributed by atoms with E-state index in [0.717, 1.165) is 6.54 Å². The summed E-state index contributed by atoms with van der Waals surface area (Å²) in [5.74, 6) is 0. The monoisotopic (exact) mass is 260 g/mol. The topological polar surface area (TPSA) is 15.3 Å². The fraction of sp³-hybridized carbons (Fsp3) is 0.647. The average Bonchev–Trinajstić information content (AvgIpc) is 2.87. The Morgan fingerprint density at radius 3 is 2.79 bits per heavy atom. The molecule has 1 unspecified atom stereocenters. The SMILES string of the molecule is CCCCCCNC1CCN(Cc2ccccc2)C1. The standard InChI is InChI=1S/C17H28N2/c1-2-3-4-8-12-18-17-11-13-19(15-17)14-16-9-6-5-7-10-16/h5-7,9-10,17-18H,2-4,8,11-15H2,1H3. The van der Waals surface area contributed by atoms with Crippen LogP contribution in [0.3, 0.4) is 0 Å². The van der Waals surface area contributed by atoms with E-state index in [0.29, 0.717) is 6.04 Å². The summed E-state index contributed by atoms with van der Waals surface area (Å²) in [6.07, 6.45) is 6.73. The molecule has 1 aromatic carbocycles. The fourth-order valence-corrected chi connectivity index (χ4v) is 2.84. The first kappa shape index (κ1) is 14.5. The zero-order chi connectivity index (χ0) is 13.3. The minimum absolute atomic E-state index is 0.713. The van der Waals surface area contributed by atoms with Crippen LogP contribution in [0.1, 0.15) is 44.6 Å². The quantitative estimate of drug-likeness (QED) is 0.720. The Kier molecular flexibility index (Phi) is 6.38. The Morgan fingerprint density at radius 2 is 2.00 bits per heavy atom. The Morgan fingerprint density at radius 1 is 1.16 bits per heavy atom.